The molecule has 1 aromatic carbocycles. The van der Waals surface area contributed by atoms with E-state index in [0.717, 1.165) is 11.2 Å². The quantitative estimate of drug-likeness (QED) is 0.741. The molecule has 0 aliphatic heterocycles. The zero-order valence-corrected chi connectivity index (χ0v) is 11.5. The maximum absolute atomic E-state index is 13.2. The van der Waals surface area contributed by atoms with Gasteiger partial charge in [0.05, 0.1) is 0 Å². The highest BCUT2D eigenvalue weighted by Crippen LogP contribution is 2.21. The SMILES string of the molecule is CN(Cc1cccc(F)c1)c1nc2ccccn2c1C#N. The fourth-order valence-electron chi connectivity index (χ4n) is 2.34. The second-order valence-corrected chi connectivity index (χ2v) is 4.81. The van der Waals surface area contributed by atoms with Crippen molar-refractivity contribution in [1.29, 1.82) is 5.26 Å². The van der Waals surface area contributed by atoms with E-state index in [-0.39, 0.29) is 5.82 Å². The lowest BCUT2D eigenvalue weighted by Crippen LogP contribution is -2.18. The van der Waals surface area contributed by atoms with Gasteiger partial charge in [0.15, 0.2) is 11.5 Å². The van der Waals surface area contributed by atoms with Crippen molar-refractivity contribution in [2.24, 2.45) is 0 Å². The van der Waals surface area contributed by atoms with Crippen LogP contribution in [0.2, 0.25) is 0 Å². The molecule has 3 aromatic rings. The van der Waals surface area contributed by atoms with Crippen LogP contribution in [-0.4, -0.2) is 16.4 Å². The van der Waals surface area contributed by atoms with Crippen molar-refractivity contribution in [2.75, 3.05) is 11.9 Å². The molecule has 0 atom stereocenters. The van der Waals surface area contributed by atoms with Crippen LogP contribution in [0.5, 0.6) is 0 Å². The number of halogens is 1. The standard InChI is InChI=1S/C16H13FN4/c1-20(11-12-5-4-6-13(17)9-12)16-14(10-18)21-8-3-2-7-15(21)19-16/h2-9H,11H2,1H3. The van der Waals surface area contributed by atoms with Crippen molar-refractivity contribution in [3.05, 3.63) is 65.7 Å². The molecule has 5 heteroatoms. The normalized spacial score (nSPS) is 10.5. The average molecular weight is 280 g/mol. The molecule has 2 aromatic heterocycles. The van der Waals surface area contributed by atoms with E-state index in [9.17, 15) is 9.65 Å². The second kappa shape index (κ2) is 5.25. The third kappa shape index (κ3) is 2.43. The number of nitriles is 1. The Morgan fingerprint density at radius 1 is 1.29 bits per heavy atom. The summed E-state index contributed by atoms with van der Waals surface area (Å²) < 4.78 is 15.0. The molecule has 4 nitrogen and oxygen atoms in total. The molecule has 104 valence electrons. The first-order chi connectivity index (χ1) is 10.2. The topological polar surface area (TPSA) is 44.3 Å². The smallest absolute Gasteiger partial charge is 0.169 e. The molecule has 0 bridgehead atoms. The number of aromatic nitrogens is 2. The second-order valence-electron chi connectivity index (χ2n) is 4.81. The maximum Gasteiger partial charge on any atom is 0.169 e. The first kappa shape index (κ1) is 13.1. The number of imidazole rings is 1. The highest BCUT2D eigenvalue weighted by atomic mass is 19.1. The summed E-state index contributed by atoms with van der Waals surface area (Å²) in [5, 5.41) is 9.37. The minimum absolute atomic E-state index is 0.267. The Morgan fingerprint density at radius 2 is 2.14 bits per heavy atom. The molecule has 3 rings (SSSR count). The van der Waals surface area contributed by atoms with Crippen molar-refractivity contribution in [1.82, 2.24) is 9.38 Å². The number of rotatable bonds is 3. The number of benzene rings is 1. The molecule has 0 aliphatic rings. The largest absolute Gasteiger partial charge is 0.353 e. The van der Waals surface area contributed by atoms with Gasteiger partial charge in [0.1, 0.15) is 17.5 Å². The monoisotopic (exact) mass is 280 g/mol. The molecule has 0 aliphatic carbocycles. The van der Waals surface area contributed by atoms with Crippen LogP contribution in [-0.2, 0) is 6.54 Å². The Kier molecular flexibility index (Phi) is 3.28. The third-order valence-electron chi connectivity index (χ3n) is 3.29. The fraction of sp³-hybridized carbons (Fsp3) is 0.125. The van der Waals surface area contributed by atoms with Gasteiger partial charge >= 0.3 is 0 Å². The molecule has 0 saturated carbocycles. The predicted octanol–water partition coefficient (Wildman–Crippen LogP) is 2.98. The summed E-state index contributed by atoms with van der Waals surface area (Å²) in [6.45, 7) is 0.482. The van der Waals surface area contributed by atoms with Crippen LogP contribution in [0.25, 0.3) is 5.65 Å². The summed E-state index contributed by atoms with van der Waals surface area (Å²) in [6.07, 6.45) is 1.81. The van der Waals surface area contributed by atoms with Gasteiger partial charge in [0.2, 0.25) is 0 Å². The van der Waals surface area contributed by atoms with Crippen LogP contribution in [0.15, 0.2) is 48.7 Å². The number of pyridine rings is 1. The number of fused-ring (bicyclic) bond motifs is 1. The van der Waals surface area contributed by atoms with Crippen LogP contribution in [0.4, 0.5) is 10.2 Å². The van der Waals surface area contributed by atoms with Crippen LogP contribution in [0.1, 0.15) is 11.3 Å². The summed E-state index contributed by atoms with van der Waals surface area (Å²) in [6, 6.07) is 14.2. The minimum Gasteiger partial charge on any atom is -0.353 e. The van der Waals surface area contributed by atoms with E-state index in [4.69, 9.17) is 0 Å². The van der Waals surface area contributed by atoms with Gasteiger partial charge in [-0.3, -0.25) is 4.40 Å². The first-order valence-electron chi connectivity index (χ1n) is 6.52. The number of anilines is 1. The van der Waals surface area contributed by atoms with Crippen LogP contribution < -0.4 is 4.90 Å². The van der Waals surface area contributed by atoms with Gasteiger partial charge in [0, 0.05) is 19.8 Å². The molecule has 0 radical (unpaired) electrons. The molecule has 0 N–H and O–H groups in total. The van der Waals surface area contributed by atoms with E-state index in [2.05, 4.69) is 11.1 Å². The Morgan fingerprint density at radius 3 is 2.90 bits per heavy atom. The third-order valence-corrected chi connectivity index (χ3v) is 3.29. The predicted molar refractivity (Wildman–Crippen MR) is 78.4 cm³/mol. The lowest BCUT2D eigenvalue weighted by atomic mass is 10.2. The zero-order chi connectivity index (χ0) is 14.8. The summed E-state index contributed by atoms with van der Waals surface area (Å²) in [7, 11) is 1.84. The van der Waals surface area contributed by atoms with Crippen molar-refractivity contribution < 1.29 is 4.39 Å². The number of hydrogen-bond donors (Lipinski definition) is 0. The molecule has 21 heavy (non-hydrogen) atoms. The molecule has 0 fully saturated rings. The minimum atomic E-state index is -0.267. The van der Waals surface area contributed by atoms with Crippen LogP contribution in [0, 0.1) is 17.1 Å². The van der Waals surface area contributed by atoms with Gasteiger partial charge in [-0.15, -0.1) is 0 Å². The summed E-state index contributed by atoms with van der Waals surface area (Å²) in [5.74, 6) is 0.323. The van der Waals surface area contributed by atoms with E-state index in [0.29, 0.717) is 18.1 Å². The van der Waals surface area contributed by atoms with E-state index < -0.39 is 0 Å². The lowest BCUT2D eigenvalue weighted by Gasteiger charge is -2.16. The van der Waals surface area contributed by atoms with Gasteiger partial charge in [-0.05, 0) is 29.8 Å². The summed E-state index contributed by atoms with van der Waals surface area (Å²) in [5.41, 5.74) is 2.03. The highest BCUT2D eigenvalue weighted by Gasteiger charge is 2.15. The van der Waals surface area contributed by atoms with E-state index in [1.807, 2.05) is 36.2 Å². The average Bonchev–Trinajstić information content (AvgIpc) is 2.86. The Labute approximate surface area is 121 Å². The van der Waals surface area contributed by atoms with Crippen molar-refractivity contribution in [3.63, 3.8) is 0 Å². The molecule has 0 saturated heterocycles. The molecule has 0 spiro atoms. The maximum atomic E-state index is 13.2. The van der Waals surface area contributed by atoms with E-state index in [1.165, 1.54) is 12.1 Å². The molecular weight excluding hydrogens is 267 g/mol. The van der Waals surface area contributed by atoms with Gasteiger partial charge in [-0.1, -0.05) is 18.2 Å². The number of hydrogen-bond acceptors (Lipinski definition) is 3. The molecule has 2 heterocycles. The van der Waals surface area contributed by atoms with Gasteiger partial charge < -0.3 is 4.90 Å². The summed E-state index contributed by atoms with van der Waals surface area (Å²) >= 11 is 0. The zero-order valence-electron chi connectivity index (χ0n) is 11.5. The van der Waals surface area contributed by atoms with Crippen LogP contribution >= 0.6 is 0 Å². The van der Waals surface area contributed by atoms with Gasteiger partial charge in [-0.25, -0.2) is 9.37 Å². The fourth-order valence-corrected chi connectivity index (χ4v) is 2.34. The lowest BCUT2D eigenvalue weighted by molar-refractivity contribution is 0.625. The van der Waals surface area contributed by atoms with Gasteiger partial charge in [0.25, 0.3) is 0 Å². The van der Waals surface area contributed by atoms with E-state index >= 15 is 0 Å². The molecule has 0 amide bonds. The van der Waals surface area contributed by atoms with E-state index in [1.54, 1.807) is 16.7 Å². The Hall–Kier alpha value is -2.87. The van der Waals surface area contributed by atoms with Crippen molar-refractivity contribution in [2.45, 2.75) is 6.54 Å². The molecular formula is C16H13FN4. The highest BCUT2D eigenvalue weighted by molar-refractivity contribution is 5.60. The van der Waals surface area contributed by atoms with Gasteiger partial charge in [-0.2, -0.15) is 5.26 Å². The van der Waals surface area contributed by atoms with Crippen molar-refractivity contribution >= 4 is 11.5 Å². The van der Waals surface area contributed by atoms with Crippen molar-refractivity contribution in [3.8, 4) is 6.07 Å². The Balaban J connectivity index is 1.98. The number of nitrogens with zero attached hydrogens (tertiary/aromatic N) is 4. The Bertz CT molecular complexity index is 832. The van der Waals surface area contributed by atoms with Crippen LogP contribution in [0.3, 0.4) is 0 Å². The molecule has 0 unspecified atom stereocenters. The first-order valence-corrected chi connectivity index (χ1v) is 6.52. The summed E-state index contributed by atoms with van der Waals surface area (Å²) in [4.78, 5) is 6.32.